The van der Waals surface area contributed by atoms with E-state index >= 15 is 0 Å². The average Bonchev–Trinajstić information content (AvgIpc) is 2.52. The first kappa shape index (κ1) is 14.2. The molecular formula is C14H27N3. The molecule has 17 heavy (non-hydrogen) atoms. The van der Waals surface area contributed by atoms with Gasteiger partial charge < -0.3 is 10.6 Å². The van der Waals surface area contributed by atoms with Gasteiger partial charge in [0, 0.05) is 6.54 Å². The fourth-order valence-corrected chi connectivity index (χ4v) is 1.95. The molecule has 2 N–H and O–H groups in total. The lowest BCUT2D eigenvalue weighted by molar-refractivity contribution is 0.519. The van der Waals surface area contributed by atoms with E-state index in [-0.39, 0.29) is 0 Å². The standard InChI is InChI=1S/C7H12N2.C7H15N/c1-7-2-4-8-6-9-5-3-7;1-7-3-2-5-8-6-4-7/h2,4,6-7H,3,5H2,1H3,(H,8,9);7-8H,2-6H2,1H3. The fraction of sp³-hybridized carbons (Fsp3) is 0.786. The number of allylic oxidation sites excluding steroid dienone is 1. The highest BCUT2D eigenvalue weighted by Crippen LogP contribution is 2.10. The second-order valence-corrected chi connectivity index (χ2v) is 5.11. The van der Waals surface area contributed by atoms with E-state index in [0.29, 0.717) is 5.92 Å². The van der Waals surface area contributed by atoms with Crippen molar-refractivity contribution in [2.24, 2.45) is 16.8 Å². The molecule has 2 atom stereocenters. The van der Waals surface area contributed by atoms with Crippen LogP contribution >= 0.6 is 0 Å². The summed E-state index contributed by atoms with van der Waals surface area (Å²) in [6, 6.07) is 0. The summed E-state index contributed by atoms with van der Waals surface area (Å²) >= 11 is 0. The first-order valence-electron chi connectivity index (χ1n) is 6.90. The minimum absolute atomic E-state index is 0.662. The Morgan fingerprint density at radius 2 is 2.00 bits per heavy atom. The Kier molecular flexibility index (Phi) is 7.72. The number of hydrogen-bond acceptors (Lipinski definition) is 3. The van der Waals surface area contributed by atoms with Gasteiger partial charge in [-0.25, -0.2) is 0 Å². The molecule has 0 aliphatic carbocycles. The summed E-state index contributed by atoms with van der Waals surface area (Å²) in [6.45, 7) is 7.95. The van der Waals surface area contributed by atoms with Gasteiger partial charge in [-0.3, -0.25) is 4.99 Å². The van der Waals surface area contributed by atoms with E-state index in [2.05, 4.69) is 35.5 Å². The van der Waals surface area contributed by atoms with Crippen LogP contribution in [-0.2, 0) is 0 Å². The minimum atomic E-state index is 0.662. The van der Waals surface area contributed by atoms with Crippen molar-refractivity contribution < 1.29 is 0 Å². The van der Waals surface area contributed by atoms with Crippen molar-refractivity contribution in [3.63, 3.8) is 0 Å². The molecule has 3 nitrogen and oxygen atoms in total. The molecule has 0 bridgehead atoms. The molecule has 0 aromatic carbocycles. The van der Waals surface area contributed by atoms with Crippen LogP contribution in [0, 0.1) is 11.8 Å². The Hall–Kier alpha value is -0.830. The molecule has 98 valence electrons. The predicted octanol–water partition coefficient (Wildman–Crippen LogP) is 2.55. The average molecular weight is 237 g/mol. The van der Waals surface area contributed by atoms with Gasteiger partial charge in [-0.1, -0.05) is 19.9 Å². The van der Waals surface area contributed by atoms with E-state index in [1.807, 2.05) is 6.20 Å². The predicted molar refractivity (Wildman–Crippen MR) is 75.3 cm³/mol. The molecule has 3 heteroatoms. The molecule has 2 heterocycles. The number of hydrogen-bond donors (Lipinski definition) is 2. The molecular weight excluding hydrogens is 210 g/mol. The van der Waals surface area contributed by atoms with Crippen molar-refractivity contribution in [2.75, 3.05) is 19.6 Å². The molecule has 0 radical (unpaired) electrons. The van der Waals surface area contributed by atoms with Crippen LogP contribution in [0.4, 0.5) is 0 Å². The molecule has 2 rings (SSSR count). The maximum absolute atomic E-state index is 4.09. The quantitative estimate of drug-likeness (QED) is 0.679. The molecule has 0 spiro atoms. The normalized spacial score (nSPS) is 29.1. The minimum Gasteiger partial charge on any atom is -0.353 e. The zero-order valence-electron chi connectivity index (χ0n) is 11.3. The van der Waals surface area contributed by atoms with Crippen LogP contribution in [0.3, 0.4) is 0 Å². The van der Waals surface area contributed by atoms with Gasteiger partial charge in [-0.2, -0.15) is 0 Å². The van der Waals surface area contributed by atoms with E-state index in [1.165, 1.54) is 32.4 Å². The maximum atomic E-state index is 4.09. The lowest BCUT2D eigenvalue weighted by atomic mass is 10.0. The monoisotopic (exact) mass is 237 g/mol. The number of rotatable bonds is 0. The zero-order valence-corrected chi connectivity index (χ0v) is 11.3. The smallest absolute Gasteiger partial charge is 0.0863 e. The van der Waals surface area contributed by atoms with Gasteiger partial charge in [0.2, 0.25) is 0 Å². The second kappa shape index (κ2) is 9.23. The SMILES string of the molecule is CC1C=CNC=NCC1.CC1CCCNCC1. The molecule has 1 saturated heterocycles. The lowest BCUT2D eigenvalue weighted by Crippen LogP contribution is -2.13. The van der Waals surface area contributed by atoms with Crippen molar-refractivity contribution in [1.82, 2.24) is 10.6 Å². The third-order valence-corrected chi connectivity index (χ3v) is 3.26. The Morgan fingerprint density at radius 3 is 2.88 bits per heavy atom. The number of nitrogens with one attached hydrogen (secondary N) is 2. The lowest BCUT2D eigenvalue weighted by Gasteiger charge is -2.04. The molecule has 2 aliphatic rings. The Balaban J connectivity index is 0.000000171. The summed E-state index contributed by atoms with van der Waals surface area (Å²) in [5.41, 5.74) is 0. The first-order chi connectivity index (χ1) is 8.29. The first-order valence-corrected chi connectivity index (χ1v) is 6.90. The summed E-state index contributed by atoms with van der Waals surface area (Å²) in [4.78, 5) is 4.09. The highest BCUT2D eigenvalue weighted by atomic mass is 14.9. The third kappa shape index (κ3) is 7.97. The van der Waals surface area contributed by atoms with Gasteiger partial charge in [0.25, 0.3) is 0 Å². The number of aliphatic imine (C=N–C) groups is 1. The van der Waals surface area contributed by atoms with E-state index in [9.17, 15) is 0 Å². The van der Waals surface area contributed by atoms with Gasteiger partial charge in [-0.05, 0) is 56.8 Å². The second-order valence-electron chi connectivity index (χ2n) is 5.11. The van der Waals surface area contributed by atoms with Crippen LogP contribution in [0.1, 0.15) is 39.5 Å². The van der Waals surface area contributed by atoms with E-state index < -0.39 is 0 Å². The zero-order chi connectivity index (χ0) is 12.3. The van der Waals surface area contributed by atoms with Crippen molar-refractivity contribution in [3.05, 3.63) is 12.3 Å². The van der Waals surface area contributed by atoms with Crippen LogP contribution in [0.15, 0.2) is 17.3 Å². The van der Waals surface area contributed by atoms with Gasteiger partial charge in [0.05, 0.1) is 6.34 Å². The van der Waals surface area contributed by atoms with Crippen LogP contribution in [0.25, 0.3) is 0 Å². The Labute approximate surface area is 106 Å². The Morgan fingerprint density at radius 1 is 1.12 bits per heavy atom. The largest absolute Gasteiger partial charge is 0.353 e. The fourth-order valence-electron chi connectivity index (χ4n) is 1.95. The summed E-state index contributed by atoms with van der Waals surface area (Å²) in [7, 11) is 0. The van der Waals surface area contributed by atoms with E-state index in [1.54, 1.807) is 6.34 Å². The van der Waals surface area contributed by atoms with Crippen LogP contribution in [0.2, 0.25) is 0 Å². The van der Waals surface area contributed by atoms with Crippen molar-refractivity contribution in [1.29, 1.82) is 0 Å². The third-order valence-electron chi connectivity index (χ3n) is 3.26. The van der Waals surface area contributed by atoms with Gasteiger partial charge in [0.15, 0.2) is 0 Å². The summed E-state index contributed by atoms with van der Waals surface area (Å²) in [5.74, 6) is 1.62. The van der Waals surface area contributed by atoms with Crippen molar-refractivity contribution in [3.8, 4) is 0 Å². The van der Waals surface area contributed by atoms with Crippen molar-refractivity contribution in [2.45, 2.75) is 39.5 Å². The van der Waals surface area contributed by atoms with Crippen LogP contribution in [0.5, 0.6) is 0 Å². The molecule has 2 aliphatic heterocycles. The maximum Gasteiger partial charge on any atom is 0.0863 e. The molecule has 0 aromatic rings. The van der Waals surface area contributed by atoms with Crippen LogP contribution < -0.4 is 10.6 Å². The van der Waals surface area contributed by atoms with E-state index in [0.717, 1.165) is 18.9 Å². The molecule has 1 fully saturated rings. The molecule has 2 unspecified atom stereocenters. The van der Waals surface area contributed by atoms with Gasteiger partial charge in [-0.15, -0.1) is 0 Å². The highest BCUT2D eigenvalue weighted by Gasteiger charge is 2.04. The molecule has 0 saturated carbocycles. The summed E-state index contributed by atoms with van der Waals surface area (Å²) < 4.78 is 0. The summed E-state index contributed by atoms with van der Waals surface area (Å²) in [5, 5.41) is 6.32. The van der Waals surface area contributed by atoms with E-state index in [4.69, 9.17) is 0 Å². The number of nitrogens with zero attached hydrogens (tertiary/aromatic N) is 1. The van der Waals surface area contributed by atoms with Gasteiger partial charge in [0.1, 0.15) is 0 Å². The topological polar surface area (TPSA) is 36.4 Å². The van der Waals surface area contributed by atoms with Crippen LogP contribution in [-0.4, -0.2) is 26.0 Å². The summed E-state index contributed by atoms with van der Waals surface area (Å²) in [6.07, 6.45) is 11.2. The van der Waals surface area contributed by atoms with Gasteiger partial charge >= 0.3 is 0 Å². The Bertz CT molecular complexity index is 228. The highest BCUT2D eigenvalue weighted by molar-refractivity contribution is 5.55. The molecule has 0 amide bonds. The van der Waals surface area contributed by atoms with Crippen molar-refractivity contribution >= 4 is 6.34 Å². The molecule has 0 aromatic heterocycles.